The second-order valence-electron chi connectivity index (χ2n) is 3.35. The zero-order valence-corrected chi connectivity index (χ0v) is 9.99. The van der Waals surface area contributed by atoms with Gasteiger partial charge in [-0.2, -0.15) is 0 Å². The number of esters is 1. The van der Waals surface area contributed by atoms with Gasteiger partial charge < -0.3 is 9.15 Å². The summed E-state index contributed by atoms with van der Waals surface area (Å²) >= 11 is 5.82. The molecule has 0 aromatic carbocycles. The van der Waals surface area contributed by atoms with Gasteiger partial charge in [-0.05, 0) is 19.1 Å². The van der Waals surface area contributed by atoms with E-state index in [1.54, 1.807) is 19.1 Å². The Morgan fingerprint density at radius 3 is 2.82 bits per heavy atom. The molecular weight excluding hydrogens is 244 g/mol. The molecule has 6 heteroatoms. The molecule has 0 aliphatic carbocycles. The summed E-state index contributed by atoms with van der Waals surface area (Å²) < 4.78 is 9.72. The monoisotopic (exact) mass is 252 g/mol. The number of nitrogens with zero attached hydrogens (tertiary/aromatic N) is 2. The molecule has 2 aromatic heterocycles. The number of hydrogen-bond donors (Lipinski definition) is 0. The second-order valence-corrected chi connectivity index (χ2v) is 3.74. The van der Waals surface area contributed by atoms with Crippen LogP contribution in [0.25, 0.3) is 11.5 Å². The number of methoxy groups -OCH3 is 1. The van der Waals surface area contributed by atoms with Gasteiger partial charge in [0.05, 0.1) is 7.11 Å². The summed E-state index contributed by atoms with van der Waals surface area (Å²) in [6.45, 7) is 1.81. The van der Waals surface area contributed by atoms with Crippen molar-refractivity contribution in [1.82, 2.24) is 9.97 Å². The van der Waals surface area contributed by atoms with Crippen LogP contribution in [0.5, 0.6) is 0 Å². The number of ether oxygens (including phenoxy) is 1. The molecule has 0 atom stereocenters. The Morgan fingerprint density at radius 2 is 2.18 bits per heavy atom. The third kappa shape index (κ3) is 2.45. The summed E-state index contributed by atoms with van der Waals surface area (Å²) in [5, 5.41) is 0.345. The Bertz CT molecular complexity index is 545. The van der Waals surface area contributed by atoms with Gasteiger partial charge in [0.1, 0.15) is 11.4 Å². The first-order valence-corrected chi connectivity index (χ1v) is 5.16. The average molecular weight is 253 g/mol. The number of hydrogen-bond acceptors (Lipinski definition) is 5. The molecule has 0 saturated heterocycles. The summed E-state index contributed by atoms with van der Waals surface area (Å²) in [5.74, 6) is -0.241. The number of carbonyl (C=O) groups excluding carboxylic acids is 1. The molecule has 2 heterocycles. The van der Waals surface area contributed by atoms with Crippen LogP contribution in [0, 0.1) is 6.92 Å². The summed E-state index contributed by atoms with van der Waals surface area (Å²) in [4.78, 5) is 19.2. The number of aryl methyl sites for hydroxylation is 1. The first-order valence-electron chi connectivity index (χ1n) is 4.78. The minimum atomic E-state index is -0.545. The van der Waals surface area contributed by atoms with Crippen LogP contribution in [0.3, 0.4) is 0 Å². The van der Waals surface area contributed by atoms with Gasteiger partial charge in [0.15, 0.2) is 5.69 Å². The van der Waals surface area contributed by atoms with Crippen LogP contribution in [0.2, 0.25) is 5.15 Å². The van der Waals surface area contributed by atoms with Crippen LogP contribution < -0.4 is 0 Å². The van der Waals surface area contributed by atoms with Crippen molar-refractivity contribution in [3.63, 3.8) is 0 Å². The number of halogens is 1. The van der Waals surface area contributed by atoms with Gasteiger partial charge in [0, 0.05) is 11.3 Å². The molecule has 88 valence electrons. The van der Waals surface area contributed by atoms with Gasteiger partial charge in [-0.25, -0.2) is 14.8 Å². The third-order valence-electron chi connectivity index (χ3n) is 2.07. The fraction of sp³-hybridized carbons (Fsp3) is 0.182. The molecule has 0 unspecified atom stereocenters. The molecular formula is C11H9ClN2O3. The lowest BCUT2D eigenvalue weighted by Crippen LogP contribution is -2.00. The topological polar surface area (TPSA) is 65.2 Å². The van der Waals surface area contributed by atoms with Crippen LogP contribution in [0.1, 0.15) is 16.2 Å². The lowest BCUT2D eigenvalue weighted by Gasteiger charge is -1.98. The van der Waals surface area contributed by atoms with E-state index in [0.717, 1.165) is 5.69 Å². The summed E-state index contributed by atoms with van der Waals surface area (Å²) in [7, 11) is 1.28. The van der Waals surface area contributed by atoms with Gasteiger partial charge in [-0.3, -0.25) is 0 Å². The van der Waals surface area contributed by atoms with E-state index in [0.29, 0.717) is 16.6 Å². The van der Waals surface area contributed by atoms with Crippen molar-refractivity contribution < 1.29 is 13.9 Å². The molecule has 0 saturated carbocycles. The molecule has 0 aliphatic rings. The van der Waals surface area contributed by atoms with Crippen molar-refractivity contribution in [3.05, 3.63) is 34.9 Å². The van der Waals surface area contributed by atoms with Crippen LogP contribution in [-0.2, 0) is 4.74 Å². The molecule has 2 aromatic rings. The molecule has 2 rings (SSSR count). The standard InChI is InChI=1S/C11H9ClN2O3/c1-6-3-7(4-9(12)13-6)10-14-8(5-17-10)11(15)16-2/h3-5H,1-2H3. The molecule has 0 bridgehead atoms. The van der Waals surface area contributed by atoms with Gasteiger partial charge in [0.2, 0.25) is 5.89 Å². The van der Waals surface area contributed by atoms with Crippen molar-refractivity contribution in [2.75, 3.05) is 7.11 Å². The van der Waals surface area contributed by atoms with Crippen molar-refractivity contribution in [2.45, 2.75) is 6.92 Å². The SMILES string of the molecule is COC(=O)c1coc(-c2cc(C)nc(Cl)c2)n1. The summed E-state index contributed by atoms with van der Waals surface area (Å²) in [5.41, 5.74) is 1.52. The van der Waals surface area contributed by atoms with E-state index >= 15 is 0 Å². The number of carbonyl (C=O) groups is 1. The largest absolute Gasteiger partial charge is 0.464 e. The minimum Gasteiger partial charge on any atom is -0.464 e. The molecule has 17 heavy (non-hydrogen) atoms. The summed E-state index contributed by atoms with van der Waals surface area (Å²) in [6.07, 6.45) is 1.24. The highest BCUT2D eigenvalue weighted by Gasteiger charge is 2.14. The molecule has 0 amide bonds. The third-order valence-corrected chi connectivity index (χ3v) is 2.26. The van der Waals surface area contributed by atoms with E-state index < -0.39 is 5.97 Å². The van der Waals surface area contributed by atoms with Gasteiger partial charge in [-0.15, -0.1) is 0 Å². The van der Waals surface area contributed by atoms with E-state index in [2.05, 4.69) is 14.7 Å². The zero-order valence-electron chi connectivity index (χ0n) is 9.23. The lowest BCUT2D eigenvalue weighted by molar-refractivity contribution is 0.0594. The normalized spacial score (nSPS) is 10.3. The Balaban J connectivity index is 2.40. The number of pyridine rings is 1. The van der Waals surface area contributed by atoms with Crippen LogP contribution in [-0.4, -0.2) is 23.0 Å². The number of aromatic nitrogens is 2. The fourth-order valence-electron chi connectivity index (χ4n) is 1.36. The molecule has 0 aliphatic heterocycles. The fourth-order valence-corrected chi connectivity index (χ4v) is 1.61. The molecule has 0 radical (unpaired) electrons. The van der Waals surface area contributed by atoms with Crippen LogP contribution in [0.4, 0.5) is 0 Å². The Hall–Kier alpha value is -1.88. The predicted molar refractivity (Wildman–Crippen MR) is 60.8 cm³/mol. The highest BCUT2D eigenvalue weighted by Crippen LogP contribution is 2.22. The second kappa shape index (κ2) is 4.55. The lowest BCUT2D eigenvalue weighted by atomic mass is 10.2. The van der Waals surface area contributed by atoms with Gasteiger partial charge >= 0.3 is 5.97 Å². The van der Waals surface area contributed by atoms with Gasteiger partial charge in [-0.1, -0.05) is 11.6 Å². The molecule has 0 spiro atoms. The maximum atomic E-state index is 11.2. The highest BCUT2D eigenvalue weighted by molar-refractivity contribution is 6.29. The number of rotatable bonds is 2. The average Bonchev–Trinajstić information content (AvgIpc) is 2.76. The highest BCUT2D eigenvalue weighted by atomic mass is 35.5. The van der Waals surface area contributed by atoms with E-state index in [4.69, 9.17) is 16.0 Å². The zero-order chi connectivity index (χ0) is 12.4. The van der Waals surface area contributed by atoms with Crippen LogP contribution in [0.15, 0.2) is 22.8 Å². The number of oxazole rings is 1. The Morgan fingerprint density at radius 1 is 1.41 bits per heavy atom. The van der Waals surface area contributed by atoms with E-state index in [-0.39, 0.29) is 5.69 Å². The van der Waals surface area contributed by atoms with E-state index in [1.807, 2.05) is 0 Å². The quantitative estimate of drug-likeness (QED) is 0.607. The van der Waals surface area contributed by atoms with E-state index in [9.17, 15) is 4.79 Å². The maximum Gasteiger partial charge on any atom is 0.360 e. The Kier molecular flexibility index (Phi) is 3.10. The van der Waals surface area contributed by atoms with Crippen molar-refractivity contribution in [1.29, 1.82) is 0 Å². The molecule has 0 N–H and O–H groups in total. The maximum absolute atomic E-state index is 11.2. The van der Waals surface area contributed by atoms with Crippen LogP contribution >= 0.6 is 11.6 Å². The smallest absolute Gasteiger partial charge is 0.360 e. The van der Waals surface area contributed by atoms with Crippen molar-refractivity contribution >= 4 is 17.6 Å². The first-order chi connectivity index (χ1) is 8.10. The van der Waals surface area contributed by atoms with E-state index in [1.165, 1.54) is 13.4 Å². The Labute approximate surface area is 102 Å². The first kappa shape index (κ1) is 11.6. The summed E-state index contributed by atoms with van der Waals surface area (Å²) in [6, 6.07) is 3.38. The molecule has 0 fully saturated rings. The molecule has 5 nitrogen and oxygen atoms in total. The van der Waals surface area contributed by atoms with Gasteiger partial charge in [0.25, 0.3) is 0 Å². The minimum absolute atomic E-state index is 0.119. The van der Waals surface area contributed by atoms with Crippen molar-refractivity contribution in [3.8, 4) is 11.5 Å². The van der Waals surface area contributed by atoms with Crippen molar-refractivity contribution in [2.24, 2.45) is 0 Å². The predicted octanol–water partition coefficient (Wildman–Crippen LogP) is 2.49.